The third-order valence-corrected chi connectivity index (χ3v) is 7.14. The van der Waals surface area contributed by atoms with Crippen LogP contribution in [0, 0.1) is 33.3 Å². The van der Waals surface area contributed by atoms with Gasteiger partial charge in [-0.2, -0.15) is 0 Å². The molecule has 6 rings (SSSR count). The number of ether oxygens (including phenoxy) is 3. The van der Waals surface area contributed by atoms with E-state index in [2.05, 4.69) is 5.32 Å². The van der Waals surface area contributed by atoms with E-state index in [1.807, 2.05) is 0 Å². The van der Waals surface area contributed by atoms with Gasteiger partial charge in [0.2, 0.25) is 0 Å². The van der Waals surface area contributed by atoms with Crippen molar-refractivity contribution in [1.29, 1.82) is 0 Å². The van der Waals surface area contributed by atoms with Crippen LogP contribution in [0.15, 0.2) is 12.1 Å². The summed E-state index contributed by atoms with van der Waals surface area (Å²) in [7, 11) is 0. The van der Waals surface area contributed by atoms with Gasteiger partial charge in [0.05, 0.1) is 29.6 Å². The fourth-order valence-electron chi connectivity index (χ4n) is 6.28. The molecule has 0 unspecified atom stereocenters. The SMILES string of the molecule is O=C(COC(=O)C12CC3CC(CC(C3)C1)C2)Nc1cc2c(cc1[N+](=O)[O-])OCCCO2. The molecule has 4 aliphatic carbocycles. The lowest BCUT2D eigenvalue weighted by Gasteiger charge is -2.55. The van der Waals surface area contributed by atoms with Gasteiger partial charge in [-0.25, -0.2) is 0 Å². The van der Waals surface area contributed by atoms with Gasteiger partial charge in [0.25, 0.3) is 11.6 Å². The normalized spacial score (nSPS) is 30.4. The molecule has 1 aromatic rings. The topological polar surface area (TPSA) is 117 Å². The molecule has 0 saturated heterocycles. The van der Waals surface area contributed by atoms with E-state index in [0.717, 1.165) is 19.3 Å². The third kappa shape index (κ3) is 3.81. The maximum absolute atomic E-state index is 12.9. The number of hydrogen-bond acceptors (Lipinski definition) is 7. The summed E-state index contributed by atoms with van der Waals surface area (Å²) in [5.41, 5.74) is -0.758. The van der Waals surface area contributed by atoms with Gasteiger partial charge in [-0.15, -0.1) is 0 Å². The van der Waals surface area contributed by atoms with Crippen molar-refractivity contribution in [3.05, 3.63) is 22.2 Å². The summed E-state index contributed by atoms with van der Waals surface area (Å²) in [6.07, 6.45) is 6.85. The molecule has 1 N–H and O–H groups in total. The monoisotopic (exact) mass is 430 g/mol. The van der Waals surface area contributed by atoms with Crippen LogP contribution in [-0.4, -0.2) is 36.6 Å². The highest BCUT2D eigenvalue weighted by Gasteiger charge is 2.55. The van der Waals surface area contributed by atoms with Crippen molar-refractivity contribution in [3.8, 4) is 11.5 Å². The average molecular weight is 430 g/mol. The molecule has 4 fully saturated rings. The number of rotatable bonds is 5. The van der Waals surface area contributed by atoms with Crippen LogP contribution in [-0.2, 0) is 14.3 Å². The van der Waals surface area contributed by atoms with Crippen molar-refractivity contribution in [1.82, 2.24) is 0 Å². The molecule has 5 aliphatic rings. The number of nitro groups is 1. The van der Waals surface area contributed by atoms with Gasteiger partial charge >= 0.3 is 5.97 Å². The number of anilines is 1. The largest absolute Gasteiger partial charge is 0.489 e. The highest BCUT2D eigenvalue weighted by Crippen LogP contribution is 2.60. The maximum atomic E-state index is 12.9. The molecule has 1 aromatic carbocycles. The number of carbonyl (C=O) groups is 2. The van der Waals surface area contributed by atoms with E-state index in [-0.39, 0.29) is 23.1 Å². The second kappa shape index (κ2) is 7.69. The van der Waals surface area contributed by atoms with E-state index in [0.29, 0.717) is 43.1 Å². The smallest absolute Gasteiger partial charge is 0.312 e. The summed E-state index contributed by atoms with van der Waals surface area (Å²) in [5.74, 6) is 1.48. The molecule has 0 spiro atoms. The molecule has 0 aromatic heterocycles. The van der Waals surface area contributed by atoms with Crippen LogP contribution < -0.4 is 14.8 Å². The molecule has 1 aliphatic heterocycles. The van der Waals surface area contributed by atoms with E-state index in [4.69, 9.17) is 14.2 Å². The second-order valence-electron chi connectivity index (χ2n) is 9.45. The van der Waals surface area contributed by atoms with Crippen molar-refractivity contribution in [2.75, 3.05) is 25.1 Å². The van der Waals surface area contributed by atoms with E-state index in [1.54, 1.807) is 0 Å². The van der Waals surface area contributed by atoms with E-state index >= 15 is 0 Å². The van der Waals surface area contributed by atoms with Crippen molar-refractivity contribution in [2.45, 2.75) is 44.9 Å². The molecule has 0 radical (unpaired) electrons. The Morgan fingerprint density at radius 3 is 2.23 bits per heavy atom. The lowest BCUT2D eigenvalue weighted by molar-refractivity contribution is -0.384. The minimum Gasteiger partial charge on any atom is -0.489 e. The van der Waals surface area contributed by atoms with Crippen molar-refractivity contribution in [2.24, 2.45) is 23.2 Å². The number of nitrogens with zero attached hydrogens (tertiary/aromatic N) is 1. The molecule has 9 nitrogen and oxygen atoms in total. The summed E-state index contributed by atoms with van der Waals surface area (Å²) >= 11 is 0. The van der Waals surface area contributed by atoms with Gasteiger partial charge in [-0.1, -0.05) is 0 Å². The van der Waals surface area contributed by atoms with Gasteiger partial charge in [0, 0.05) is 12.5 Å². The van der Waals surface area contributed by atoms with E-state index < -0.39 is 22.9 Å². The van der Waals surface area contributed by atoms with Crippen LogP contribution >= 0.6 is 0 Å². The average Bonchev–Trinajstić information content (AvgIpc) is 2.95. The van der Waals surface area contributed by atoms with Crippen LogP contribution in [0.3, 0.4) is 0 Å². The van der Waals surface area contributed by atoms with Gasteiger partial charge in [0.15, 0.2) is 18.1 Å². The summed E-state index contributed by atoms with van der Waals surface area (Å²) in [5, 5.41) is 14.0. The quantitative estimate of drug-likeness (QED) is 0.432. The number of nitro benzene ring substituents is 1. The molecular weight excluding hydrogens is 404 g/mol. The van der Waals surface area contributed by atoms with Crippen LogP contribution in [0.5, 0.6) is 11.5 Å². The highest BCUT2D eigenvalue weighted by molar-refractivity contribution is 5.95. The first-order valence-corrected chi connectivity index (χ1v) is 11.0. The Balaban J connectivity index is 1.25. The number of benzene rings is 1. The standard InChI is InChI=1S/C22H26N2O7/c25-20(12-31-21(26)22-9-13-4-14(10-22)6-15(5-13)11-22)23-16-7-18-19(8-17(16)24(27)28)30-3-1-2-29-18/h7-8,13-15H,1-6,9-12H2,(H,23,25). The highest BCUT2D eigenvalue weighted by atomic mass is 16.6. The van der Waals surface area contributed by atoms with E-state index in [9.17, 15) is 19.7 Å². The zero-order valence-electron chi connectivity index (χ0n) is 17.3. The number of nitrogens with one attached hydrogen (secondary N) is 1. The number of amides is 1. The van der Waals surface area contributed by atoms with Crippen LogP contribution in [0.2, 0.25) is 0 Å². The van der Waals surface area contributed by atoms with Crippen molar-refractivity contribution < 1.29 is 28.7 Å². The summed E-state index contributed by atoms with van der Waals surface area (Å²) in [6.45, 7) is 0.350. The summed E-state index contributed by atoms with van der Waals surface area (Å²) < 4.78 is 16.5. The van der Waals surface area contributed by atoms with E-state index in [1.165, 1.54) is 31.4 Å². The first-order chi connectivity index (χ1) is 14.9. The number of carbonyl (C=O) groups excluding carboxylic acids is 2. The molecule has 4 saturated carbocycles. The van der Waals surface area contributed by atoms with Gasteiger partial charge in [-0.3, -0.25) is 19.7 Å². The first-order valence-electron chi connectivity index (χ1n) is 11.0. The maximum Gasteiger partial charge on any atom is 0.312 e. The molecule has 166 valence electrons. The van der Waals surface area contributed by atoms with Gasteiger partial charge in [-0.05, 0) is 56.3 Å². The van der Waals surface area contributed by atoms with Crippen molar-refractivity contribution >= 4 is 23.3 Å². The third-order valence-electron chi connectivity index (χ3n) is 7.14. The predicted molar refractivity (Wildman–Crippen MR) is 109 cm³/mol. The fourth-order valence-corrected chi connectivity index (χ4v) is 6.28. The predicted octanol–water partition coefficient (Wildman–Crippen LogP) is 3.45. The lowest BCUT2D eigenvalue weighted by atomic mass is 9.49. The molecule has 1 amide bonds. The summed E-state index contributed by atoms with van der Waals surface area (Å²) in [6, 6.07) is 2.63. The van der Waals surface area contributed by atoms with Crippen LogP contribution in [0.4, 0.5) is 11.4 Å². The van der Waals surface area contributed by atoms with Crippen LogP contribution in [0.1, 0.15) is 44.9 Å². The van der Waals surface area contributed by atoms with Gasteiger partial charge in [0.1, 0.15) is 5.69 Å². The zero-order valence-corrected chi connectivity index (χ0v) is 17.3. The number of esters is 1. The molecular formula is C22H26N2O7. The molecule has 4 bridgehead atoms. The van der Waals surface area contributed by atoms with Gasteiger partial charge < -0.3 is 19.5 Å². The van der Waals surface area contributed by atoms with Crippen LogP contribution in [0.25, 0.3) is 0 Å². The Bertz CT molecular complexity index is 893. The molecule has 0 atom stereocenters. The number of hydrogen-bond donors (Lipinski definition) is 1. The minimum absolute atomic E-state index is 0.00916. The minimum atomic E-state index is -0.615. The zero-order chi connectivity index (χ0) is 21.6. The molecule has 9 heteroatoms. The first kappa shape index (κ1) is 20.1. The molecule has 31 heavy (non-hydrogen) atoms. The Labute approximate surface area is 179 Å². The Hall–Kier alpha value is -2.84. The van der Waals surface area contributed by atoms with Crippen molar-refractivity contribution in [3.63, 3.8) is 0 Å². The number of fused-ring (bicyclic) bond motifs is 1. The molecule has 1 heterocycles. The second-order valence-corrected chi connectivity index (χ2v) is 9.45. The summed E-state index contributed by atoms with van der Waals surface area (Å²) in [4.78, 5) is 36.3. The Morgan fingerprint density at radius 2 is 1.65 bits per heavy atom. The fraction of sp³-hybridized carbons (Fsp3) is 0.636. The Kier molecular flexibility index (Phi) is 4.98. The Morgan fingerprint density at radius 1 is 1.06 bits per heavy atom. The lowest BCUT2D eigenvalue weighted by Crippen LogP contribution is -2.50.